The second kappa shape index (κ2) is 10.6. The number of para-hydroxylation sites is 1. The van der Waals surface area contributed by atoms with Crippen LogP contribution in [0, 0.1) is 0 Å². The molecule has 1 amide bonds. The van der Waals surface area contributed by atoms with Gasteiger partial charge in [-0.3, -0.25) is 14.8 Å². The van der Waals surface area contributed by atoms with Crippen LogP contribution in [-0.2, 0) is 24.4 Å². The molecule has 172 valence electrons. The first-order valence-electron chi connectivity index (χ1n) is 11.4. The quantitative estimate of drug-likeness (QED) is 0.311. The summed E-state index contributed by atoms with van der Waals surface area (Å²) in [5.41, 5.74) is 4.27. The van der Waals surface area contributed by atoms with Crippen LogP contribution < -0.4 is 9.64 Å². The number of aromatic nitrogens is 3. The van der Waals surface area contributed by atoms with Gasteiger partial charge in [-0.15, -0.1) is 0 Å². The normalized spacial score (nSPS) is 10.7. The Morgan fingerprint density at radius 1 is 0.800 bits per heavy atom. The average Bonchev–Trinajstić information content (AvgIpc) is 2.92. The smallest absolute Gasteiger partial charge is 0.233 e. The second-order valence-corrected chi connectivity index (χ2v) is 8.12. The molecular formula is C29H24N4O2. The van der Waals surface area contributed by atoms with Crippen LogP contribution >= 0.6 is 0 Å². The van der Waals surface area contributed by atoms with Crippen molar-refractivity contribution in [3.63, 3.8) is 0 Å². The predicted molar refractivity (Wildman–Crippen MR) is 136 cm³/mol. The zero-order valence-corrected chi connectivity index (χ0v) is 19.1. The maximum atomic E-state index is 13.2. The molecule has 5 rings (SSSR count). The summed E-state index contributed by atoms with van der Waals surface area (Å²) >= 11 is 0. The fourth-order valence-electron chi connectivity index (χ4n) is 3.82. The highest BCUT2D eigenvalue weighted by molar-refractivity contribution is 5.94. The summed E-state index contributed by atoms with van der Waals surface area (Å²) in [6, 6.07) is 29.0. The van der Waals surface area contributed by atoms with Crippen molar-refractivity contribution in [3.8, 4) is 5.75 Å². The number of hydrogen-bond donors (Lipinski definition) is 0. The molecule has 0 aliphatic heterocycles. The van der Waals surface area contributed by atoms with Crippen molar-refractivity contribution in [3.05, 3.63) is 127 Å². The van der Waals surface area contributed by atoms with E-state index in [1.165, 1.54) is 0 Å². The van der Waals surface area contributed by atoms with Gasteiger partial charge in [-0.05, 0) is 60.2 Å². The van der Waals surface area contributed by atoms with E-state index in [0.29, 0.717) is 18.9 Å². The third-order valence-corrected chi connectivity index (χ3v) is 5.61. The van der Waals surface area contributed by atoms with Crippen molar-refractivity contribution in [2.75, 3.05) is 4.90 Å². The van der Waals surface area contributed by atoms with E-state index in [2.05, 4.69) is 15.0 Å². The van der Waals surface area contributed by atoms with Crippen molar-refractivity contribution < 1.29 is 9.53 Å². The number of hydrogen-bond acceptors (Lipinski definition) is 5. The van der Waals surface area contributed by atoms with Crippen molar-refractivity contribution >= 4 is 22.5 Å². The van der Waals surface area contributed by atoms with E-state index < -0.39 is 0 Å². The topological polar surface area (TPSA) is 68.2 Å². The monoisotopic (exact) mass is 460 g/mol. The first-order chi connectivity index (χ1) is 17.2. The SMILES string of the molecule is O=C(Cc1ccccn1)N(Cc1cccnc1)c1ccc(OCc2ccc3ccccc3n2)cc1. The maximum absolute atomic E-state index is 13.2. The number of anilines is 1. The Morgan fingerprint density at radius 2 is 1.66 bits per heavy atom. The minimum Gasteiger partial charge on any atom is -0.487 e. The first kappa shape index (κ1) is 22.2. The molecule has 5 aromatic rings. The summed E-state index contributed by atoms with van der Waals surface area (Å²) in [4.78, 5) is 28.1. The number of carbonyl (C=O) groups is 1. The van der Waals surface area contributed by atoms with Crippen LogP contribution in [0.2, 0.25) is 0 Å². The molecule has 6 heteroatoms. The lowest BCUT2D eigenvalue weighted by molar-refractivity contribution is -0.118. The molecular weight excluding hydrogens is 436 g/mol. The molecule has 0 radical (unpaired) electrons. The van der Waals surface area contributed by atoms with Gasteiger partial charge < -0.3 is 9.64 Å². The van der Waals surface area contributed by atoms with Crippen LogP contribution in [0.5, 0.6) is 5.75 Å². The third-order valence-electron chi connectivity index (χ3n) is 5.61. The molecule has 0 saturated carbocycles. The highest BCUT2D eigenvalue weighted by atomic mass is 16.5. The van der Waals surface area contributed by atoms with Crippen molar-refractivity contribution in [1.29, 1.82) is 0 Å². The Labute approximate surface area is 203 Å². The van der Waals surface area contributed by atoms with Gasteiger partial charge >= 0.3 is 0 Å². The summed E-state index contributed by atoms with van der Waals surface area (Å²) in [5, 5.41) is 1.10. The number of benzene rings is 2. The highest BCUT2D eigenvalue weighted by Crippen LogP contribution is 2.23. The van der Waals surface area contributed by atoms with Gasteiger partial charge in [0.05, 0.1) is 24.2 Å². The molecule has 3 heterocycles. The number of fused-ring (bicyclic) bond motifs is 1. The van der Waals surface area contributed by atoms with E-state index in [1.54, 1.807) is 23.5 Å². The van der Waals surface area contributed by atoms with Crippen LogP contribution in [0.4, 0.5) is 5.69 Å². The van der Waals surface area contributed by atoms with Crippen LogP contribution in [-0.4, -0.2) is 20.9 Å². The van der Waals surface area contributed by atoms with E-state index in [1.807, 2.05) is 91.0 Å². The number of pyridine rings is 3. The Bertz CT molecular complexity index is 1410. The molecule has 0 atom stereocenters. The van der Waals surface area contributed by atoms with Crippen molar-refractivity contribution in [1.82, 2.24) is 15.0 Å². The lowest BCUT2D eigenvalue weighted by Crippen LogP contribution is -2.32. The first-order valence-corrected chi connectivity index (χ1v) is 11.4. The van der Waals surface area contributed by atoms with Gasteiger partial charge in [-0.2, -0.15) is 0 Å². The number of nitrogens with zero attached hydrogens (tertiary/aromatic N) is 4. The minimum atomic E-state index is -0.0402. The highest BCUT2D eigenvalue weighted by Gasteiger charge is 2.18. The zero-order valence-electron chi connectivity index (χ0n) is 19.1. The van der Waals surface area contributed by atoms with Gasteiger partial charge in [0.2, 0.25) is 5.91 Å². The zero-order chi connectivity index (χ0) is 23.9. The van der Waals surface area contributed by atoms with Crippen molar-refractivity contribution in [2.45, 2.75) is 19.6 Å². The number of ether oxygens (including phenoxy) is 1. The molecule has 0 N–H and O–H groups in total. The molecule has 35 heavy (non-hydrogen) atoms. The van der Waals surface area contributed by atoms with Gasteiger partial charge in [0, 0.05) is 35.4 Å². The number of amides is 1. The summed E-state index contributed by atoms with van der Waals surface area (Å²) in [6.07, 6.45) is 5.41. The van der Waals surface area contributed by atoms with Crippen LogP contribution in [0.1, 0.15) is 17.0 Å². The summed E-state index contributed by atoms with van der Waals surface area (Å²) in [6.45, 7) is 0.781. The molecule has 6 nitrogen and oxygen atoms in total. The Hall–Kier alpha value is -4.58. The molecule has 0 fully saturated rings. The van der Waals surface area contributed by atoms with E-state index in [4.69, 9.17) is 4.74 Å². The standard InChI is InChI=1S/C29H24N4O2/c34-29(18-24-8-3-4-17-31-24)33(20-22-6-5-16-30-19-22)26-12-14-27(15-13-26)35-21-25-11-10-23-7-1-2-9-28(23)32-25/h1-17,19H,18,20-21H2. The molecule has 0 bridgehead atoms. The van der Waals surface area contributed by atoms with Gasteiger partial charge in [0.15, 0.2) is 0 Å². The largest absolute Gasteiger partial charge is 0.487 e. The fraction of sp³-hybridized carbons (Fsp3) is 0.103. The summed E-state index contributed by atoms with van der Waals surface area (Å²) < 4.78 is 5.96. The summed E-state index contributed by atoms with van der Waals surface area (Å²) in [7, 11) is 0. The second-order valence-electron chi connectivity index (χ2n) is 8.12. The van der Waals surface area contributed by atoms with Crippen LogP contribution in [0.25, 0.3) is 10.9 Å². The molecule has 0 saturated heterocycles. The average molecular weight is 461 g/mol. The van der Waals surface area contributed by atoms with Gasteiger partial charge in [0.25, 0.3) is 0 Å². The molecule has 0 unspecified atom stereocenters. The predicted octanol–water partition coefficient (Wildman–Crippen LogP) is 5.38. The fourth-order valence-corrected chi connectivity index (χ4v) is 3.82. The van der Waals surface area contributed by atoms with Crippen LogP contribution in [0.15, 0.2) is 110 Å². The molecule has 2 aromatic carbocycles. The number of carbonyl (C=O) groups excluding carboxylic acids is 1. The van der Waals surface area contributed by atoms with E-state index in [9.17, 15) is 4.79 Å². The van der Waals surface area contributed by atoms with Crippen LogP contribution in [0.3, 0.4) is 0 Å². The third kappa shape index (κ3) is 5.68. The van der Waals surface area contributed by atoms with E-state index in [0.717, 1.165) is 33.5 Å². The van der Waals surface area contributed by atoms with Gasteiger partial charge in [-0.25, -0.2) is 4.98 Å². The lowest BCUT2D eigenvalue weighted by atomic mass is 10.2. The summed E-state index contributed by atoms with van der Waals surface area (Å²) in [5.74, 6) is 0.670. The maximum Gasteiger partial charge on any atom is 0.233 e. The molecule has 0 spiro atoms. The van der Waals surface area contributed by atoms with E-state index >= 15 is 0 Å². The lowest BCUT2D eigenvalue weighted by Gasteiger charge is -2.23. The Kier molecular flexibility index (Phi) is 6.71. The van der Waals surface area contributed by atoms with Gasteiger partial charge in [0.1, 0.15) is 12.4 Å². The van der Waals surface area contributed by atoms with Gasteiger partial charge in [-0.1, -0.05) is 36.4 Å². The molecule has 0 aliphatic carbocycles. The molecule has 3 aromatic heterocycles. The minimum absolute atomic E-state index is 0.0402. The van der Waals surface area contributed by atoms with Crippen molar-refractivity contribution in [2.24, 2.45) is 0 Å². The number of rotatable bonds is 8. The molecule has 0 aliphatic rings. The Morgan fingerprint density at radius 3 is 2.46 bits per heavy atom. The Balaban J connectivity index is 1.31. The van der Waals surface area contributed by atoms with E-state index in [-0.39, 0.29) is 12.3 Å².